The standard InChI is InChI=1S/C15H22O/c1-10(2)13-9-14(16)15(13,4)12-7-5-11(3)6-8-12/h5-8,10,13-14,16H,9H2,1-4H3. The summed E-state index contributed by atoms with van der Waals surface area (Å²) in [6.45, 7) is 8.81. The van der Waals surface area contributed by atoms with Gasteiger partial charge < -0.3 is 5.11 Å². The molecule has 0 spiro atoms. The molecule has 1 aromatic carbocycles. The van der Waals surface area contributed by atoms with E-state index in [1.54, 1.807) is 0 Å². The zero-order valence-corrected chi connectivity index (χ0v) is 10.7. The quantitative estimate of drug-likeness (QED) is 0.807. The summed E-state index contributed by atoms with van der Waals surface area (Å²) < 4.78 is 0. The minimum absolute atomic E-state index is 0.0398. The van der Waals surface area contributed by atoms with Crippen LogP contribution in [0.15, 0.2) is 24.3 Å². The number of rotatable bonds is 2. The lowest BCUT2D eigenvalue weighted by Crippen LogP contribution is -2.56. The van der Waals surface area contributed by atoms with Gasteiger partial charge in [-0.15, -0.1) is 0 Å². The molecule has 0 amide bonds. The number of hydrogen-bond acceptors (Lipinski definition) is 1. The second kappa shape index (κ2) is 3.89. The van der Waals surface area contributed by atoms with Gasteiger partial charge in [0.1, 0.15) is 0 Å². The molecule has 3 atom stereocenters. The van der Waals surface area contributed by atoms with Gasteiger partial charge in [0.2, 0.25) is 0 Å². The molecule has 3 unspecified atom stereocenters. The third kappa shape index (κ3) is 1.58. The van der Waals surface area contributed by atoms with Crippen molar-refractivity contribution in [1.29, 1.82) is 0 Å². The lowest BCUT2D eigenvalue weighted by molar-refractivity contribution is -0.0732. The van der Waals surface area contributed by atoms with Gasteiger partial charge in [0.05, 0.1) is 6.10 Å². The Labute approximate surface area is 98.5 Å². The molecule has 0 aromatic heterocycles. The molecular formula is C15H22O. The first-order chi connectivity index (χ1) is 7.46. The van der Waals surface area contributed by atoms with Crippen molar-refractivity contribution >= 4 is 0 Å². The minimum atomic E-state index is -0.178. The van der Waals surface area contributed by atoms with E-state index in [2.05, 4.69) is 52.0 Å². The first-order valence-electron chi connectivity index (χ1n) is 6.21. The molecule has 1 saturated carbocycles. The third-order valence-corrected chi connectivity index (χ3v) is 4.42. The number of benzene rings is 1. The van der Waals surface area contributed by atoms with Crippen LogP contribution < -0.4 is 0 Å². The van der Waals surface area contributed by atoms with E-state index in [9.17, 15) is 5.11 Å². The van der Waals surface area contributed by atoms with Crippen molar-refractivity contribution in [2.45, 2.75) is 45.6 Å². The molecule has 1 nitrogen and oxygen atoms in total. The van der Waals surface area contributed by atoms with E-state index in [4.69, 9.17) is 0 Å². The molecule has 2 rings (SSSR count). The van der Waals surface area contributed by atoms with Crippen LogP contribution in [0.5, 0.6) is 0 Å². The zero-order chi connectivity index (χ0) is 11.9. The van der Waals surface area contributed by atoms with E-state index in [-0.39, 0.29) is 11.5 Å². The predicted molar refractivity (Wildman–Crippen MR) is 67.5 cm³/mol. The van der Waals surface area contributed by atoms with E-state index >= 15 is 0 Å². The van der Waals surface area contributed by atoms with Gasteiger partial charge in [0.15, 0.2) is 0 Å². The number of aliphatic hydroxyl groups excluding tert-OH is 1. The molecule has 88 valence electrons. The van der Waals surface area contributed by atoms with Crippen LogP contribution in [0, 0.1) is 18.8 Å². The Kier molecular flexibility index (Phi) is 2.83. The molecule has 0 radical (unpaired) electrons. The SMILES string of the molecule is Cc1ccc(C2(C)C(O)CC2C(C)C)cc1. The maximum atomic E-state index is 10.1. The molecule has 16 heavy (non-hydrogen) atoms. The molecule has 1 fully saturated rings. The number of aryl methyl sites for hydroxylation is 1. The average molecular weight is 218 g/mol. The van der Waals surface area contributed by atoms with E-state index in [0.717, 1.165) is 6.42 Å². The minimum Gasteiger partial charge on any atom is -0.392 e. The summed E-state index contributed by atoms with van der Waals surface area (Å²) in [6, 6.07) is 8.63. The summed E-state index contributed by atoms with van der Waals surface area (Å²) in [5.41, 5.74) is 2.53. The Morgan fingerprint density at radius 3 is 2.25 bits per heavy atom. The summed E-state index contributed by atoms with van der Waals surface area (Å²) in [5.74, 6) is 1.24. The smallest absolute Gasteiger partial charge is 0.0640 e. The van der Waals surface area contributed by atoms with Gasteiger partial charge in [-0.1, -0.05) is 50.6 Å². The Balaban J connectivity index is 2.33. The van der Waals surface area contributed by atoms with Gasteiger partial charge in [-0.05, 0) is 30.7 Å². The van der Waals surface area contributed by atoms with Crippen LogP contribution in [-0.2, 0) is 5.41 Å². The second-order valence-electron chi connectivity index (χ2n) is 5.75. The van der Waals surface area contributed by atoms with Crippen LogP contribution in [0.3, 0.4) is 0 Å². The van der Waals surface area contributed by atoms with Gasteiger partial charge in [-0.2, -0.15) is 0 Å². The fraction of sp³-hybridized carbons (Fsp3) is 0.600. The Hall–Kier alpha value is -0.820. The van der Waals surface area contributed by atoms with Crippen molar-refractivity contribution in [2.75, 3.05) is 0 Å². The van der Waals surface area contributed by atoms with E-state index in [0.29, 0.717) is 11.8 Å². The summed E-state index contributed by atoms with van der Waals surface area (Å²) in [4.78, 5) is 0. The van der Waals surface area contributed by atoms with Crippen LogP contribution in [0.25, 0.3) is 0 Å². The third-order valence-electron chi connectivity index (χ3n) is 4.42. The summed E-state index contributed by atoms with van der Waals surface area (Å²) in [7, 11) is 0. The highest BCUT2D eigenvalue weighted by Crippen LogP contribution is 2.51. The molecule has 1 N–H and O–H groups in total. The molecule has 0 bridgehead atoms. The van der Waals surface area contributed by atoms with Crippen LogP contribution in [-0.4, -0.2) is 11.2 Å². The first kappa shape index (κ1) is 11.7. The molecule has 1 aliphatic carbocycles. The predicted octanol–water partition coefficient (Wildman–Crippen LogP) is 3.29. The molecular weight excluding hydrogens is 196 g/mol. The molecule has 1 heteroatoms. The monoisotopic (exact) mass is 218 g/mol. The number of aliphatic hydroxyl groups is 1. The fourth-order valence-electron chi connectivity index (χ4n) is 3.10. The van der Waals surface area contributed by atoms with Crippen molar-refractivity contribution in [3.05, 3.63) is 35.4 Å². The molecule has 0 saturated heterocycles. The summed E-state index contributed by atoms with van der Waals surface area (Å²) in [5, 5.41) is 10.1. The Morgan fingerprint density at radius 2 is 1.81 bits per heavy atom. The van der Waals surface area contributed by atoms with E-state index in [1.165, 1.54) is 11.1 Å². The van der Waals surface area contributed by atoms with Crippen molar-refractivity contribution < 1.29 is 5.11 Å². The maximum absolute atomic E-state index is 10.1. The normalized spacial score (nSPS) is 33.9. The van der Waals surface area contributed by atoms with E-state index < -0.39 is 0 Å². The molecule has 0 heterocycles. The average Bonchev–Trinajstić information content (AvgIpc) is 2.25. The second-order valence-corrected chi connectivity index (χ2v) is 5.75. The largest absolute Gasteiger partial charge is 0.392 e. The van der Waals surface area contributed by atoms with Crippen LogP contribution >= 0.6 is 0 Å². The number of hydrogen-bond donors (Lipinski definition) is 1. The summed E-state index contributed by atoms with van der Waals surface area (Å²) >= 11 is 0. The summed E-state index contributed by atoms with van der Waals surface area (Å²) in [6.07, 6.45) is 0.768. The van der Waals surface area contributed by atoms with Crippen molar-refractivity contribution in [3.63, 3.8) is 0 Å². The maximum Gasteiger partial charge on any atom is 0.0640 e. The van der Waals surface area contributed by atoms with Gasteiger partial charge in [0.25, 0.3) is 0 Å². The van der Waals surface area contributed by atoms with Crippen molar-refractivity contribution in [2.24, 2.45) is 11.8 Å². The topological polar surface area (TPSA) is 20.2 Å². The Bertz CT molecular complexity index is 366. The van der Waals surface area contributed by atoms with Gasteiger partial charge >= 0.3 is 0 Å². The van der Waals surface area contributed by atoms with E-state index in [1.807, 2.05) is 0 Å². The van der Waals surface area contributed by atoms with Gasteiger partial charge in [0, 0.05) is 5.41 Å². The van der Waals surface area contributed by atoms with Gasteiger partial charge in [-0.3, -0.25) is 0 Å². The zero-order valence-electron chi connectivity index (χ0n) is 10.7. The lowest BCUT2D eigenvalue weighted by atomic mass is 9.52. The highest BCUT2D eigenvalue weighted by molar-refractivity contribution is 5.33. The first-order valence-corrected chi connectivity index (χ1v) is 6.21. The highest BCUT2D eigenvalue weighted by atomic mass is 16.3. The van der Waals surface area contributed by atoms with Crippen molar-refractivity contribution in [3.8, 4) is 0 Å². The molecule has 1 aliphatic rings. The fourth-order valence-corrected chi connectivity index (χ4v) is 3.10. The van der Waals surface area contributed by atoms with Crippen LogP contribution in [0.2, 0.25) is 0 Å². The molecule has 1 aromatic rings. The Morgan fingerprint density at radius 1 is 1.25 bits per heavy atom. The van der Waals surface area contributed by atoms with Crippen LogP contribution in [0.1, 0.15) is 38.3 Å². The lowest BCUT2D eigenvalue weighted by Gasteiger charge is -2.54. The molecule has 0 aliphatic heterocycles. The highest BCUT2D eigenvalue weighted by Gasteiger charge is 2.52. The van der Waals surface area contributed by atoms with Crippen molar-refractivity contribution in [1.82, 2.24) is 0 Å². The van der Waals surface area contributed by atoms with Gasteiger partial charge in [-0.25, -0.2) is 0 Å². The van der Waals surface area contributed by atoms with Crippen LogP contribution in [0.4, 0.5) is 0 Å².